The van der Waals surface area contributed by atoms with Crippen LogP contribution in [0.5, 0.6) is 0 Å². The molecule has 1 fully saturated rings. The summed E-state index contributed by atoms with van der Waals surface area (Å²) in [6.45, 7) is 3.68. The van der Waals surface area contributed by atoms with Gasteiger partial charge in [-0.15, -0.1) is 5.10 Å². The highest BCUT2D eigenvalue weighted by Gasteiger charge is 2.40. The highest BCUT2D eigenvalue weighted by atomic mass is 15.4. The van der Waals surface area contributed by atoms with Gasteiger partial charge < -0.3 is 10.2 Å². The van der Waals surface area contributed by atoms with E-state index in [1.165, 1.54) is 16.3 Å². The number of nitrogens with zero attached hydrogens (tertiary/aromatic N) is 8. The Morgan fingerprint density at radius 2 is 2.09 bits per heavy atom. The summed E-state index contributed by atoms with van der Waals surface area (Å²) >= 11 is 0. The molecule has 0 saturated heterocycles. The molecule has 0 unspecified atom stereocenters. The Hall–Kier alpha value is -3.95. The number of anilines is 1. The normalized spacial score (nSPS) is 17.6. The number of fused-ring (bicyclic) bond motifs is 2. The summed E-state index contributed by atoms with van der Waals surface area (Å²) in [5.74, 6) is 2.07. The maximum absolute atomic E-state index is 9.49. The van der Waals surface area contributed by atoms with Crippen LogP contribution in [0.15, 0.2) is 30.6 Å². The molecule has 3 aromatic heterocycles. The Balaban J connectivity index is 1.71. The third-order valence-electron chi connectivity index (χ3n) is 5.91. The zero-order valence-corrected chi connectivity index (χ0v) is 18.2. The van der Waals surface area contributed by atoms with Crippen molar-refractivity contribution < 1.29 is 0 Å². The summed E-state index contributed by atoms with van der Waals surface area (Å²) in [4.78, 5) is 11.3. The second kappa shape index (κ2) is 7.63. The monoisotopic (exact) mass is 425 g/mol. The average molecular weight is 426 g/mol. The molecule has 0 bridgehead atoms. The van der Waals surface area contributed by atoms with Crippen molar-refractivity contribution >= 4 is 22.4 Å². The van der Waals surface area contributed by atoms with Crippen LogP contribution in [0, 0.1) is 28.6 Å². The van der Waals surface area contributed by atoms with Gasteiger partial charge in [-0.1, -0.05) is 6.07 Å². The fourth-order valence-corrected chi connectivity index (χ4v) is 4.42. The number of rotatable bonds is 6. The first-order valence-electron chi connectivity index (χ1n) is 10.6. The van der Waals surface area contributed by atoms with Crippen molar-refractivity contribution in [1.82, 2.24) is 29.0 Å². The molecule has 160 valence electrons. The van der Waals surface area contributed by atoms with E-state index in [0.717, 1.165) is 23.9 Å². The number of aromatic nitrogens is 5. The van der Waals surface area contributed by atoms with Crippen molar-refractivity contribution in [3.63, 3.8) is 0 Å². The minimum Gasteiger partial charge on any atom is -0.367 e. The Kier molecular flexibility index (Phi) is 4.76. The highest BCUT2D eigenvalue weighted by Crippen LogP contribution is 2.50. The van der Waals surface area contributed by atoms with Gasteiger partial charge in [0.15, 0.2) is 17.2 Å². The van der Waals surface area contributed by atoms with Crippen molar-refractivity contribution in [2.45, 2.75) is 19.3 Å². The van der Waals surface area contributed by atoms with E-state index in [2.05, 4.69) is 52.7 Å². The molecule has 9 nitrogen and oxygen atoms in total. The molecule has 1 aliphatic rings. The first-order valence-corrected chi connectivity index (χ1v) is 10.6. The van der Waals surface area contributed by atoms with Gasteiger partial charge in [0.2, 0.25) is 0 Å². The van der Waals surface area contributed by atoms with Crippen molar-refractivity contribution in [1.29, 1.82) is 10.5 Å². The van der Waals surface area contributed by atoms with Crippen molar-refractivity contribution in [3.05, 3.63) is 47.4 Å². The van der Waals surface area contributed by atoms with E-state index in [1.807, 2.05) is 29.7 Å². The van der Waals surface area contributed by atoms with Crippen molar-refractivity contribution in [2.24, 2.45) is 5.92 Å². The molecular formula is C23H23N9. The molecule has 1 aromatic carbocycles. The number of benzene rings is 1. The van der Waals surface area contributed by atoms with E-state index in [0.29, 0.717) is 47.1 Å². The summed E-state index contributed by atoms with van der Waals surface area (Å²) in [5.41, 5.74) is 3.56. The Bertz CT molecular complexity index is 1410. The van der Waals surface area contributed by atoms with Crippen LogP contribution in [0.3, 0.4) is 0 Å². The zero-order chi connectivity index (χ0) is 22.4. The lowest BCUT2D eigenvalue weighted by Gasteiger charge is -2.09. The lowest BCUT2D eigenvalue weighted by atomic mass is 10.1. The molecule has 4 aromatic rings. The zero-order valence-electron chi connectivity index (χ0n) is 18.2. The molecule has 0 aliphatic heterocycles. The largest absolute Gasteiger partial charge is 0.367 e. The van der Waals surface area contributed by atoms with Crippen LogP contribution in [0.2, 0.25) is 0 Å². The number of hydrogen-bond donors (Lipinski definition) is 1. The number of hydrogen-bond acceptors (Lipinski definition) is 7. The topological polar surface area (TPSA) is 111 Å². The standard InChI is InChI=1S/C23H23N9/c1-4-26-21-22-27-11-16(10-25)32(22)29-23(28-21)31-13-19(18-8-15(18)12-30(2)3)17-6-5-14(9-24)7-20(17)31/h5-7,11,13,15,18H,4,8,12H2,1-3H3,(H,26,28,29)/t15-,18+/m0/s1. The molecule has 1 saturated carbocycles. The molecule has 1 aliphatic carbocycles. The molecule has 2 atom stereocenters. The van der Waals surface area contributed by atoms with E-state index >= 15 is 0 Å². The molecule has 3 heterocycles. The molecule has 0 amide bonds. The predicted octanol–water partition coefficient (Wildman–Crippen LogP) is 2.91. The lowest BCUT2D eigenvalue weighted by molar-refractivity contribution is 0.385. The van der Waals surface area contributed by atoms with Crippen LogP contribution < -0.4 is 5.32 Å². The van der Waals surface area contributed by atoms with E-state index < -0.39 is 0 Å². The summed E-state index contributed by atoms with van der Waals surface area (Å²) in [5, 5.41) is 27.9. The molecule has 1 N–H and O–H groups in total. The highest BCUT2D eigenvalue weighted by molar-refractivity contribution is 5.87. The molecule has 5 rings (SSSR count). The Morgan fingerprint density at radius 1 is 1.25 bits per heavy atom. The van der Waals surface area contributed by atoms with Gasteiger partial charge in [0, 0.05) is 24.7 Å². The quantitative estimate of drug-likeness (QED) is 0.506. The minimum absolute atomic E-state index is 0.338. The summed E-state index contributed by atoms with van der Waals surface area (Å²) in [6.07, 6.45) is 4.73. The maximum atomic E-state index is 9.49. The maximum Gasteiger partial charge on any atom is 0.254 e. The SMILES string of the molecule is CCNc1nc(-n2cc([C@@H]3C[C@H]3CN(C)C)c3ccc(C#N)cc32)nn2c(C#N)cnc12. The number of imidazole rings is 1. The molecular weight excluding hydrogens is 402 g/mol. The van der Waals surface area contributed by atoms with Crippen LogP contribution in [-0.2, 0) is 0 Å². The lowest BCUT2D eigenvalue weighted by Crippen LogP contribution is -2.15. The number of nitrogens with one attached hydrogen (secondary N) is 1. The van der Waals surface area contributed by atoms with Crippen LogP contribution in [0.25, 0.3) is 22.5 Å². The second-order valence-electron chi connectivity index (χ2n) is 8.44. The average Bonchev–Trinajstić information content (AvgIpc) is 3.24. The fraction of sp³-hybridized carbons (Fsp3) is 0.348. The van der Waals surface area contributed by atoms with Gasteiger partial charge in [0.1, 0.15) is 6.07 Å². The summed E-state index contributed by atoms with van der Waals surface area (Å²) in [7, 11) is 4.20. The predicted molar refractivity (Wildman–Crippen MR) is 121 cm³/mol. The van der Waals surface area contributed by atoms with Gasteiger partial charge in [-0.2, -0.15) is 20.0 Å². The summed E-state index contributed by atoms with van der Waals surface area (Å²) in [6, 6.07) is 10.1. The van der Waals surface area contributed by atoms with E-state index in [4.69, 9.17) is 4.98 Å². The Morgan fingerprint density at radius 3 is 2.81 bits per heavy atom. The minimum atomic E-state index is 0.338. The molecule has 9 heteroatoms. The van der Waals surface area contributed by atoms with E-state index in [-0.39, 0.29) is 0 Å². The van der Waals surface area contributed by atoms with Crippen LogP contribution in [-0.4, -0.2) is 56.2 Å². The van der Waals surface area contributed by atoms with Crippen molar-refractivity contribution in [3.8, 4) is 18.1 Å². The van der Waals surface area contributed by atoms with Gasteiger partial charge >= 0.3 is 0 Å². The molecule has 0 radical (unpaired) electrons. The third kappa shape index (κ3) is 3.24. The van der Waals surface area contributed by atoms with Crippen LogP contribution >= 0.6 is 0 Å². The van der Waals surface area contributed by atoms with E-state index in [9.17, 15) is 10.5 Å². The van der Waals surface area contributed by atoms with Gasteiger partial charge in [-0.25, -0.2) is 4.98 Å². The number of nitriles is 2. The Labute approximate surface area is 185 Å². The smallest absolute Gasteiger partial charge is 0.254 e. The summed E-state index contributed by atoms with van der Waals surface area (Å²) < 4.78 is 3.45. The van der Waals surface area contributed by atoms with Crippen molar-refractivity contribution in [2.75, 3.05) is 32.5 Å². The first kappa shape index (κ1) is 20.0. The van der Waals surface area contributed by atoms with Gasteiger partial charge in [0.05, 0.1) is 23.3 Å². The molecule has 0 spiro atoms. The van der Waals surface area contributed by atoms with Gasteiger partial charge in [-0.05, 0) is 57.0 Å². The first-order chi connectivity index (χ1) is 15.5. The molecule has 32 heavy (non-hydrogen) atoms. The van der Waals surface area contributed by atoms with Gasteiger partial charge in [-0.3, -0.25) is 4.57 Å². The third-order valence-corrected chi connectivity index (χ3v) is 5.91. The fourth-order valence-electron chi connectivity index (χ4n) is 4.42. The van der Waals surface area contributed by atoms with Gasteiger partial charge in [0.25, 0.3) is 5.95 Å². The van der Waals surface area contributed by atoms with Crippen LogP contribution in [0.1, 0.15) is 36.1 Å². The van der Waals surface area contributed by atoms with E-state index in [1.54, 1.807) is 0 Å². The van der Waals surface area contributed by atoms with Crippen LogP contribution in [0.4, 0.5) is 5.82 Å². The second-order valence-corrected chi connectivity index (χ2v) is 8.44.